The molecular formula is C11H26N2O. The van der Waals surface area contributed by atoms with Crippen molar-refractivity contribution >= 4 is 0 Å². The molecule has 0 rings (SSSR count). The van der Waals surface area contributed by atoms with Crippen LogP contribution in [0.25, 0.3) is 0 Å². The molecule has 0 radical (unpaired) electrons. The Hall–Kier alpha value is -0.120. The van der Waals surface area contributed by atoms with Crippen molar-refractivity contribution in [2.45, 2.75) is 39.7 Å². The zero-order valence-electron chi connectivity index (χ0n) is 10.2. The molecule has 0 spiro atoms. The number of rotatable bonds is 8. The molecule has 0 saturated carbocycles. The number of nitrogens with one attached hydrogen (secondary N) is 2. The van der Waals surface area contributed by atoms with Gasteiger partial charge in [0.2, 0.25) is 0 Å². The maximum Gasteiger partial charge on any atom is 0.0599 e. The minimum Gasteiger partial charge on any atom is -0.375 e. The third-order valence-corrected chi connectivity index (χ3v) is 1.72. The highest BCUT2D eigenvalue weighted by Crippen LogP contribution is 2.04. The lowest BCUT2D eigenvalue weighted by Gasteiger charge is -2.19. The Kier molecular flexibility index (Phi) is 8.14. The van der Waals surface area contributed by atoms with E-state index in [0.29, 0.717) is 0 Å². The van der Waals surface area contributed by atoms with E-state index in [-0.39, 0.29) is 5.60 Å². The van der Waals surface area contributed by atoms with Crippen LogP contribution in [0.3, 0.4) is 0 Å². The summed E-state index contributed by atoms with van der Waals surface area (Å²) >= 11 is 0. The van der Waals surface area contributed by atoms with Gasteiger partial charge in [-0.2, -0.15) is 0 Å². The SMILES string of the molecule is CCCNCCNCCOC(C)(C)C. The Morgan fingerprint density at radius 1 is 0.929 bits per heavy atom. The summed E-state index contributed by atoms with van der Waals surface area (Å²) in [7, 11) is 0. The van der Waals surface area contributed by atoms with Gasteiger partial charge in [-0.1, -0.05) is 6.92 Å². The summed E-state index contributed by atoms with van der Waals surface area (Å²) in [5.74, 6) is 0. The average molecular weight is 202 g/mol. The summed E-state index contributed by atoms with van der Waals surface area (Å²) in [5.41, 5.74) is -0.0118. The van der Waals surface area contributed by atoms with Crippen molar-refractivity contribution in [3.05, 3.63) is 0 Å². The van der Waals surface area contributed by atoms with Crippen LogP contribution in [0.15, 0.2) is 0 Å². The highest BCUT2D eigenvalue weighted by molar-refractivity contribution is 4.59. The standard InChI is InChI=1S/C11H26N2O/c1-5-6-12-7-8-13-9-10-14-11(2,3)4/h12-13H,5-10H2,1-4H3. The molecule has 0 heterocycles. The zero-order chi connectivity index (χ0) is 10.9. The third kappa shape index (κ3) is 11.9. The maximum atomic E-state index is 5.57. The van der Waals surface area contributed by atoms with Gasteiger partial charge in [0.25, 0.3) is 0 Å². The van der Waals surface area contributed by atoms with Gasteiger partial charge in [0.1, 0.15) is 0 Å². The van der Waals surface area contributed by atoms with Crippen LogP contribution in [0.4, 0.5) is 0 Å². The van der Waals surface area contributed by atoms with E-state index >= 15 is 0 Å². The number of hydrogen-bond acceptors (Lipinski definition) is 3. The van der Waals surface area contributed by atoms with Crippen LogP contribution in [-0.2, 0) is 4.74 Å². The molecule has 0 aliphatic rings. The molecule has 3 nitrogen and oxygen atoms in total. The Labute approximate surface area is 88.6 Å². The van der Waals surface area contributed by atoms with Gasteiger partial charge in [-0.05, 0) is 33.7 Å². The fraction of sp³-hybridized carbons (Fsp3) is 1.00. The van der Waals surface area contributed by atoms with Gasteiger partial charge in [0.15, 0.2) is 0 Å². The van der Waals surface area contributed by atoms with Crippen molar-refractivity contribution in [3.63, 3.8) is 0 Å². The van der Waals surface area contributed by atoms with E-state index in [1.54, 1.807) is 0 Å². The molecule has 0 aromatic heterocycles. The van der Waals surface area contributed by atoms with Crippen molar-refractivity contribution in [1.29, 1.82) is 0 Å². The third-order valence-electron chi connectivity index (χ3n) is 1.72. The first-order valence-corrected chi connectivity index (χ1v) is 5.61. The summed E-state index contributed by atoms with van der Waals surface area (Å²) in [4.78, 5) is 0. The second-order valence-corrected chi connectivity index (χ2v) is 4.46. The molecule has 0 aliphatic carbocycles. The van der Waals surface area contributed by atoms with Crippen LogP contribution < -0.4 is 10.6 Å². The van der Waals surface area contributed by atoms with E-state index in [9.17, 15) is 0 Å². The fourth-order valence-corrected chi connectivity index (χ4v) is 1.03. The molecule has 86 valence electrons. The molecule has 0 unspecified atom stereocenters. The van der Waals surface area contributed by atoms with E-state index in [4.69, 9.17) is 4.74 Å². The highest BCUT2D eigenvalue weighted by atomic mass is 16.5. The van der Waals surface area contributed by atoms with Crippen LogP contribution >= 0.6 is 0 Å². The van der Waals surface area contributed by atoms with E-state index in [2.05, 4.69) is 38.3 Å². The molecule has 0 aromatic carbocycles. The fourth-order valence-electron chi connectivity index (χ4n) is 1.03. The smallest absolute Gasteiger partial charge is 0.0599 e. The highest BCUT2D eigenvalue weighted by Gasteiger charge is 2.08. The van der Waals surface area contributed by atoms with E-state index in [0.717, 1.165) is 32.8 Å². The molecule has 0 amide bonds. The first-order chi connectivity index (χ1) is 6.56. The first-order valence-electron chi connectivity index (χ1n) is 5.61. The van der Waals surface area contributed by atoms with Gasteiger partial charge in [-0.25, -0.2) is 0 Å². The summed E-state index contributed by atoms with van der Waals surface area (Å²) < 4.78 is 5.57. The van der Waals surface area contributed by atoms with E-state index in [1.165, 1.54) is 6.42 Å². The van der Waals surface area contributed by atoms with Crippen LogP contribution in [0.1, 0.15) is 34.1 Å². The molecule has 0 saturated heterocycles. The van der Waals surface area contributed by atoms with Crippen molar-refractivity contribution in [2.24, 2.45) is 0 Å². The lowest BCUT2D eigenvalue weighted by molar-refractivity contribution is -0.000702. The van der Waals surface area contributed by atoms with Gasteiger partial charge in [-0.15, -0.1) is 0 Å². The lowest BCUT2D eigenvalue weighted by atomic mass is 10.2. The van der Waals surface area contributed by atoms with Crippen molar-refractivity contribution in [1.82, 2.24) is 10.6 Å². The predicted molar refractivity (Wildman–Crippen MR) is 61.7 cm³/mol. The van der Waals surface area contributed by atoms with Gasteiger partial charge in [-0.3, -0.25) is 0 Å². The Morgan fingerprint density at radius 3 is 2.00 bits per heavy atom. The minimum absolute atomic E-state index is 0.0118. The lowest BCUT2D eigenvalue weighted by Crippen LogP contribution is -2.31. The summed E-state index contributed by atoms with van der Waals surface area (Å²) in [6.07, 6.45) is 1.20. The van der Waals surface area contributed by atoms with Crippen molar-refractivity contribution in [3.8, 4) is 0 Å². The number of ether oxygens (including phenoxy) is 1. The zero-order valence-corrected chi connectivity index (χ0v) is 10.2. The molecular weight excluding hydrogens is 176 g/mol. The largest absolute Gasteiger partial charge is 0.375 e. The van der Waals surface area contributed by atoms with Gasteiger partial charge < -0.3 is 15.4 Å². The average Bonchev–Trinajstić information content (AvgIpc) is 2.08. The van der Waals surface area contributed by atoms with Gasteiger partial charge in [0.05, 0.1) is 12.2 Å². The second kappa shape index (κ2) is 8.21. The second-order valence-electron chi connectivity index (χ2n) is 4.46. The molecule has 0 aromatic rings. The van der Waals surface area contributed by atoms with Crippen molar-refractivity contribution < 1.29 is 4.74 Å². The Morgan fingerprint density at radius 2 is 1.50 bits per heavy atom. The molecule has 0 aliphatic heterocycles. The van der Waals surface area contributed by atoms with Crippen LogP contribution in [0.5, 0.6) is 0 Å². The Bertz CT molecular complexity index is 121. The molecule has 2 N–H and O–H groups in total. The summed E-state index contributed by atoms with van der Waals surface area (Å²) in [6.45, 7) is 13.3. The quantitative estimate of drug-likeness (QED) is 0.584. The first kappa shape index (κ1) is 13.9. The molecule has 0 fully saturated rings. The molecule has 3 heteroatoms. The normalized spacial score (nSPS) is 12.0. The molecule has 0 bridgehead atoms. The summed E-state index contributed by atoms with van der Waals surface area (Å²) in [6, 6.07) is 0. The number of hydrogen-bond donors (Lipinski definition) is 2. The van der Waals surface area contributed by atoms with Crippen LogP contribution in [-0.4, -0.2) is 38.4 Å². The van der Waals surface area contributed by atoms with Gasteiger partial charge in [0, 0.05) is 19.6 Å². The Balaban J connectivity index is 2.99. The molecule has 14 heavy (non-hydrogen) atoms. The van der Waals surface area contributed by atoms with E-state index < -0.39 is 0 Å². The van der Waals surface area contributed by atoms with Crippen LogP contribution in [0, 0.1) is 0 Å². The predicted octanol–water partition coefficient (Wildman–Crippen LogP) is 1.39. The van der Waals surface area contributed by atoms with Crippen LogP contribution in [0.2, 0.25) is 0 Å². The maximum absolute atomic E-state index is 5.57. The monoisotopic (exact) mass is 202 g/mol. The molecule has 0 atom stereocenters. The summed E-state index contributed by atoms with van der Waals surface area (Å²) in [5, 5.41) is 6.67. The van der Waals surface area contributed by atoms with Crippen molar-refractivity contribution in [2.75, 3.05) is 32.8 Å². The van der Waals surface area contributed by atoms with E-state index in [1.807, 2.05) is 0 Å². The van der Waals surface area contributed by atoms with Gasteiger partial charge >= 0.3 is 0 Å². The minimum atomic E-state index is -0.0118. The topological polar surface area (TPSA) is 33.3 Å².